The van der Waals surface area contributed by atoms with Crippen LogP contribution in [0, 0.1) is 5.82 Å². The molecule has 0 saturated carbocycles. The van der Waals surface area contributed by atoms with Gasteiger partial charge in [-0.25, -0.2) is 12.8 Å². The van der Waals surface area contributed by atoms with Crippen molar-refractivity contribution >= 4 is 33.0 Å². The van der Waals surface area contributed by atoms with Gasteiger partial charge in [-0.15, -0.1) is 11.3 Å². The molecule has 0 bridgehead atoms. The number of ether oxygens (including phenoxy) is 1. The first-order valence-electron chi connectivity index (χ1n) is 9.53. The summed E-state index contributed by atoms with van der Waals surface area (Å²) in [7, 11) is -2.45. The van der Waals surface area contributed by atoms with Crippen molar-refractivity contribution in [2.24, 2.45) is 0 Å². The summed E-state index contributed by atoms with van der Waals surface area (Å²) in [4.78, 5) is 24.9. The Kier molecular flexibility index (Phi) is 7.60. The number of methoxy groups -OCH3 is 1. The maximum atomic E-state index is 13.2. The van der Waals surface area contributed by atoms with E-state index in [0.717, 1.165) is 12.1 Å². The van der Waals surface area contributed by atoms with Crippen LogP contribution in [0.3, 0.4) is 0 Å². The van der Waals surface area contributed by atoms with Crippen molar-refractivity contribution in [3.05, 3.63) is 82.3 Å². The van der Waals surface area contributed by atoms with Crippen LogP contribution in [0.1, 0.15) is 15.7 Å². The van der Waals surface area contributed by atoms with Crippen molar-refractivity contribution in [2.75, 3.05) is 13.7 Å². The van der Waals surface area contributed by atoms with E-state index in [-0.39, 0.29) is 18.0 Å². The van der Waals surface area contributed by atoms with Crippen LogP contribution in [-0.2, 0) is 26.0 Å². The van der Waals surface area contributed by atoms with E-state index in [2.05, 4.69) is 10.6 Å². The number of nitrogens with one attached hydrogen (secondary N) is 2. The molecule has 2 aromatic carbocycles. The molecule has 0 spiro atoms. The highest BCUT2D eigenvalue weighted by atomic mass is 32.2. The summed E-state index contributed by atoms with van der Waals surface area (Å²) >= 11 is 1.21. The number of para-hydroxylation sites is 1. The Morgan fingerprint density at radius 2 is 1.69 bits per heavy atom. The SMILES string of the molecule is COc1ccccc1CNC(=O)C(=O)NC[C@@H](c1cccs1)S(=O)(=O)c1ccc(F)cc1. The molecule has 0 aliphatic rings. The zero-order chi connectivity index (χ0) is 23.1. The van der Waals surface area contributed by atoms with Gasteiger partial charge in [0.2, 0.25) is 0 Å². The lowest BCUT2D eigenvalue weighted by Gasteiger charge is -2.17. The van der Waals surface area contributed by atoms with Crippen LogP contribution < -0.4 is 15.4 Å². The Bertz CT molecular complexity index is 1180. The maximum Gasteiger partial charge on any atom is 0.309 e. The predicted molar refractivity (Wildman–Crippen MR) is 118 cm³/mol. The van der Waals surface area contributed by atoms with E-state index in [1.165, 1.54) is 30.6 Å². The molecule has 3 aromatic rings. The standard InChI is InChI=1S/C22H21FN2O5S2/c1-30-18-6-3-2-5-15(18)13-24-21(26)22(27)25-14-20(19-7-4-12-31-19)32(28,29)17-10-8-16(23)9-11-17/h2-12,20H,13-14H2,1H3,(H,24,26)(H,25,27)/t20-/m0/s1. The Morgan fingerprint density at radius 3 is 2.34 bits per heavy atom. The number of amides is 2. The molecule has 32 heavy (non-hydrogen) atoms. The number of carbonyl (C=O) groups is 2. The maximum absolute atomic E-state index is 13.2. The van der Waals surface area contributed by atoms with Crippen molar-refractivity contribution in [3.8, 4) is 5.75 Å². The Labute approximate surface area is 189 Å². The average molecular weight is 477 g/mol. The first-order valence-corrected chi connectivity index (χ1v) is 12.0. The van der Waals surface area contributed by atoms with E-state index in [9.17, 15) is 22.4 Å². The first-order chi connectivity index (χ1) is 15.3. The van der Waals surface area contributed by atoms with Crippen LogP contribution in [-0.4, -0.2) is 33.9 Å². The number of hydrogen-bond donors (Lipinski definition) is 2. The third-order valence-electron chi connectivity index (χ3n) is 4.66. The molecular formula is C22H21FN2O5S2. The monoisotopic (exact) mass is 476 g/mol. The normalized spacial score (nSPS) is 12.1. The van der Waals surface area contributed by atoms with Crippen molar-refractivity contribution in [3.63, 3.8) is 0 Å². The molecule has 0 unspecified atom stereocenters. The fourth-order valence-corrected chi connectivity index (χ4v) is 5.78. The smallest absolute Gasteiger partial charge is 0.309 e. The number of hydrogen-bond acceptors (Lipinski definition) is 6. The molecule has 0 fully saturated rings. The van der Waals surface area contributed by atoms with E-state index in [1.807, 2.05) is 0 Å². The van der Waals surface area contributed by atoms with Crippen LogP contribution in [0.5, 0.6) is 5.75 Å². The van der Waals surface area contributed by atoms with Gasteiger partial charge in [-0.05, 0) is 41.8 Å². The molecule has 0 aliphatic heterocycles. The molecule has 168 valence electrons. The van der Waals surface area contributed by atoms with Gasteiger partial charge in [-0.3, -0.25) is 9.59 Å². The fraction of sp³-hybridized carbons (Fsp3) is 0.182. The van der Waals surface area contributed by atoms with E-state index in [4.69, 9.17) is 4.74 Å². The Hall–Kier alpha value is -3.24. The molecule has 2 amide bonds. The minimum atomic E-state index is -3.95. The van der Waals surface area contributed by atoms with E-state index in [0.29, 0.717) is 16.2 Å². The fourth-order valence-electron chi connectivity index (χ4n) is 3.00. The second-order valence-corrected chi connectivity index (χ2v) is 9.82. The van der Waals surface area contributed by atoms with E-state index >= 15 is 0 Å². The topological polar surface area (TPSA) is 102 Å². The van der Waals surface area contributed by atoms with Crippen molar-refractivity contribution in [1.82, 2.24) is 10.6 Å². The summed E-state index contributed by atoms with van der Waals surface area (Å²) in [5, 5.41) is 5.47. The average Bonchev–Trinajstić information content (AvgIpc) is 3.32. The number of rotatable bonds is 8. The van der Waals surface area contributed by atoms with Crippen LogP contribution in [0.2, 0.25) is 0 Å². The lowest BCUT2D eigenvalue weighted by atomic mass is 10.2. The number of sulfone groups is 1. The summed E-state index contributed by atoms with van der Waals surface area (Å²) in [6.07, 6.45) is 0. The van der Waals surface area contributed by atoms with E-state index in [1.54, 1.807) is 41.8 Å². The number of carbonyl (C=O) groups excluding carboxylic acids is 2. The molecule has 10 heteroatoms. The lowest BCUT2D eigenvalue weighted by molar-refractivity contribution is -0.139. The molecule has 0 saturated heterocycles. The van der Waals surface area contributed by atoms with Gasteiger partial charge in [0.25, 0.3) is 0 Å². The minimum Gasteiger partial charge on any atom is -0.496 e. The molecule has 7 nitrogen and oxygen atoms in total. The molecule has 0 aliphatic carbocycles. The predicted octanol–water partition coefficient (Wildman–Crippen LogP) is 2.84. The molecule has 3 rings (SSSR count). The molecule has 1 aromatic heterocycles. The molecule has 1 atom stereocenters. The highest BCUT2D eigenvalue weighted by molar-refractivity contribution is 7.91. The van der Waals surface area contributed by atoms with Crippen molar-refractivity contribution in [1.29, 1.82) is 0 Å². The minimum absolute atomic E-state index is 0.0680. The largest absolute Gasteiger partial charge is 0.496 e. The van der Waals surface area contributed by atoms with Crippen LogP contribution >= 0.6 is 11.3 Å². The molecular weight excluding hydrogens is 455 g/mol. The number of halogens is 1. The Balaban J connectivity index is 1.69. The summed E-state index contributed by atoms with van der Waals surface area (Å²) in [5.74, 6) is -1.86. The summed E-state index contributed by atoms with van der Waals surface area (Å²) < 4.78 is 44.7. The van der Waals surface area contributed by atoms with Gasteiger partial charge in [0, 0.05) is 23.5 Å². The highest BCUT2D eigenvalue weighted by Crippen LogP contribution is 2.31. The van der Waals surface area contributed by atoms with Crippen molar-refractivity contribution < 1.29 is 27.1 Å². The molecule has 0 radical (unpaired) electrons. The summed E-state index contributed by atoms with van der Waals surface area (Å²) in [6, 6.07) is 14.8. The van der Waals surface area contributed by atoms with Gasteiger partial charge in [-0.1, -0.05) is 24.3 Å². The van der Waals surface area contributed by atoms with Gasteiger partial charge in [0.05, 0.1) is 12.0 Å². The van der Waals surface area contributed by atoms with Gasteiger partial charge in [0.1, 0.15) is 16.8 Å². The third-order valence-corrected chi connectivity index (χ3v) is 7.90. The first kappa shape index (κ1) is 23.4. The summed E-state index contributed by atoms with van der Waals surface area (Å²) in [5.41, 5.74) is 0.687. The lowest BCUT2D eigenvalue weighted by Crippen LogP contribution is -2.42. The van der Waals surface area contributed by atoms with Crippen LogP contribution in [0.4, 0.5) is 4.39 Å². The van der Waals surface area contributed by atoms with Gasteiger partial charge < -0.3 is 15.4 Å². The zero-order valence-electron chi connectivity index (χ0n) is 17.1. The molecule has 2 N–H and O–H groups in total. The van der Waals surface area contributed by atoms with Gasteiger partial charge in [-0.2, -0.15) is 0 Å². The second-order valence-electron chi connectivity index (χ2n) is 6.71. The number of benzene rings is 2. The third kappa shape index (κ3) is 5.51. The van der Waals surface area contributed by atoms with Crippen LogP contribution in [0.15, 0.2) is 70.9 Å². The Morgan fingerprint density at radius 1 is 1.00 bits per heavy atom. The van der Waals surface area contributed by atoms with Crippen LogP contribution in [0.25, 0.3) is 0 Å². The van der Waals surface area contributed by atoms with Gasteiger partial charge >= 0.3 is 11.8 Å². The van der Waals surface area contributed by atoms with Crippen molar-refractivity contribution in [2.45, 2.75) is 16.7 Å². The zero-order valence-corrected chi connectivity index (χ0v) is 18.7. The van der Waals surface area contributed by atoms with E-state index < -0.39 is 32.7 Å². The quantitative estimate of drug-likeness (QED) is 0.385. The summed E-state index contributed by atoms with van der Waals surface area (Å²) in [6.45, 7) is -0.250. The van der Waals surface area contributed by atoms with Gasteiger partial charge in [0.15, 0.2) is 9.84 Å². The second kappa shape index (κ2) is 10.4. The number of thiophene rings is 1. The molecule has 1 heterocycles. The highest BCUT2D eigenvalue weighted by Gasteiger charge is 2.31.